The largest absolute Gasteiger partial charge is 0.478 e. The highest BCUT2D eigenvalue weighted by Gasteiger charge is 2.15. The number of nitrogens with zero attached hydrogens (tertiary/aromatic N) is 2. The van der Waals surface area contributed by atoms with E-state index in [2.05, 4.69) is 37.2 Å². The van der Waals surface area contributed by atoms with Gasteiger partial charge in [-0.1, -0.05) is 27.7 Å². The molecule has 0 saturated carbocycles. The molecule has 2 rings (SSSR count). The van der Waals surface area contributed by atoms with Crippen LogP contribution >= 0.6 is 0 Å². The number of aromatic nitrogens is 2. The normalized spacial score (nSPS) is 13.1. The summed E-state index contributed by atoms with van der Waals surface area (Å²) in [5.74, 6) is 1.23. The fourth-order valence-corrected chi connectivity index (χ4v) is 2.28. The highest BCUT2D eigenvalue weighted by molar-refractivity contribution is 5.92. The van der Waals surface area contributed by atoms with Crippen LogP contribution in [0.2, 0.25) is 0 Å². The summed E-state index contributed by atoms with van der Waals surface area (Å²) in [7, 11) is 0. The average Bonchev–Trinajstić information content (AvgIpc) is 2.75. The Kier molecular flexibility index (Phi) is 4.12. The third-order valence-electron chi connectivity index (χ3n) is 4.00. The van der Waals surface area contributed by atoms with Gasteiger partial charge in [-0.05, 0) is 30.0 Å². The first-order valence-corrected chi connectivity index (χ1v) is 7.16. The molecule has 1 aromatic heterocycles. The van der Waals surface area contributed by atoms with Crippen molar-refractivity contribution in [1.82, 2.24) is 9.55 Å². The van der Waals surface area contributed by atoms with Crippen LogP contribution in [0, 0.1) is 11.8 Å². The lowest BCUT2D eigenvalue weighted by molar-refractivity contribution is 0.0697. The van der Waals surface area contributed by atoms with Crippen molar-refractivity contribution in [2.45, 2.75) is 40.7 Å². The van der Waals surface area contributed by atoms with Crippen molar-refractivity contribution in [3.8, 4) is 0 Å². The van der Waals surface area contributed by atoms with E-state index < -0.39 is 5.97 Å². The standard InChI is InChI=1S/C16H22N2O2/c1-5-15-17-13-7-6-12(16(19)20)8-14(13)18(15)9-11(4)10(2)3/h6-8,10-11H,5,9H2,1-4H3,(H,19,20). The lowest BCUT2D eigenvalue weighted by Crippen LogP contribution is -2.15. The Bertz CT molecular complexity index is 629. The minimum absolute atomic E-state index is 0.318. The zero-order valence-corrected chi connectivity index (χ0v) is 12.6. The van der Waals surface area contributed by atoms with Gasteiger partial charge in [-0.2, -0.15) is 0 Å². The van der Waals surface area contributed by atoms with Gasteiger partial charge < -0.3 is 9.67 Å². The highest BCUT2D eigenvalue weighted by atomic mass is 16.4. The van der Waals surface area contributed by atoms with E-state index in [4.69, 9.17) is 5.11 Å². The van der Waals surface area contributed by atoms with Gasteiger partial charge in [0.05, 0.1) is 16.6 Å². The number of aromatic carboxylic acids is 1. The first-order chi connectivity index (χ1) is 9.43. The third kappa shape index (κ3) is 2.69. The summed E-state index contributed by atoms with van der Waals surface area (Å²) in [6.07, 6.45) is 0.849. The monoisotopic (exact) mass is 274 g/mol. The molecule has 4 nitrogen and oxygen atoms in total. The molecule has 0 radical (unpaired) electrons. The zero-order valence-electron chi connectivity index (χ0n) is 12.6. The Balaban J connectivity index is 2.53. The minimum Gasteiger partial charge on any atom is -0.478 e. The van der Waals surface area contributed by atoms with Crippen LogP contribution in [0.15, 0.2) is 18.2 Å². The molecule has 1 N–H and O–H groups in total. The van der Waals surface area contributed by atoms with Crippen molar-refractivity contribution in [2.75, 3.05) is 0 Å². The first-order valence-electron chi connectivity index (χ1n) is 7.16. The summed E-state index contributed by atoms with van der Waals surface area (Å²) in [6.45, 7) is 9.59. The number of carboxylic acid groups (broad SMARTS) is 1. The summed E-state index contributed by atoms with van der Waals surface area (Å²) in [4.78, 5) is 15.7. The SMILES string of the molecule is CCc1nc2ccc(C(=O)O)cc2n1CC(C)C(C)C. The quantitative estimate of drug-likeness (QED) is 0.906. The molecule has 0 saturated heterocycles. The van der Waals surface area contributed by atoms with E-state index in [9.17, 15) is 4.79 Å². The van der Waals surface area contributed by atoms with E-state index in [1.165, 1.54) is 0 Å². The highest BCUT2D eigenvalue weighted by Crippen LogP contribution is 2.22. The predicted octanol–water partition coefficient (Wildman–Crippen LogP) is 3.59. The number of fused-ring (bicyclic) bond motifs is 1. The summed E-state index contributed by atoms with van der Waals surface area (Å²) in [5.41, 5.74) is 2.12. The number of carboxylic acids is 1. The molecular weight excluding hydrogens is 252 g/mol. The molecule has 0 fully saturated rings. The molecule has 1 heterocycles. The molecule has 4 heteroatoms. The van der Waals surface area contributed by atoms with Gasteiger partial charge in [0, 0.05) is 13.0 Å². The Labute approximate surface area is 119 Å². The molecule has 1 unspecified atom stereocenters. The summed E-state index contributed by atoms with van der Waals surface area (Å²) < 4.78 is 2.17. The number of carbonyl (C=O) groups is 1. The number of rotatable bonds is 5. The zero-order chi connectivity index (χ0) is 14.9. The molecule has 0 aliphatic heterocycles. The van der Waals surface area contributed by atoms with Gasteiger partial charge in [0.2, 0.25) is 0 Å². The van der Waals surface area contributed by atoms with Gasteiger partial charge in [0.25, 0.3) is 0 Å². The number of hydrogen-bond donors (Lipinski definition) is 1. The minimum atomic E-state index is -0.894. The van der Waals surface area contributed by atoms with E-state index in [0.717, 1.165) is 29.8 Å². The second-order valence-corrected chi connectivity index (χ2v) is 5.72. The molecule has 0 amide bonds. The Morgan fingerprint density at radius 1 is 1.35 bits per heavy atom. The molecular formula is C16H22N2O2. The topological polar surface area (TPSA) is 55.1 Å². The van der Waals surface area contributed by atoms with Crippen LogP contribution in [-0.2, 0) is 13.0 Å². The van der Waals surface area contributed by atoms with Crippen molar-refractivity contribution >= 4 is 17.0 Å². The maximum Gasteiger partial charge on any atom is 0.335 e. The molecule has 0 aliphatic rings. The maximum atomic E-state index is 11.1. The predicted molar refractivity (Wildman–Crippen MR) is 80.1 cm³/mol. The summed E-state index contributed by atoms with van der Waals surface area (Å²) in [5, 5.41) is 9.14. The van der Waals surface area contributed by atoms with E-state index in [1.54, 1.807) is 18.2 Å². The summed E-state index contributed by atoms with van der Waals surface area (Å²) in [6, 6.07) is 5.15. The first kappa shape index (κ1) is 14.6. The molecule has 0 aliphatic carbocycles. The van der Waals surface area contributed by atoms with Crippen molar-refractivity contribution in [3.05, 3.63) is 29.6 Å². The van der Waals surface area contributed by atoms with Crippen LogP contribution < -0.4 is 0 Å². The van der Waals surface area contributed by atoms with Crippen LogP contribution in [-0.4, -0.2) is 20.6 Å². The molecule has 20 heavy (non-hydrogen) atoms. The van der Waals surface area contributed by atoms with Crippen molar-refractivity contribution < 1.29 is 9.90 Å². The fraction of sp³-hybridized carbons (Fsp3) is 0.500. The van der Waals surface area contributed by atoms with Crippen molar-refractivity contribution in [2.24, 2.45) is 11.8 Å². The second-order valence-electron chi connectivity index (χ2n) is 5.72. The molecule has 2 aromatic rings. The molecule has 1 atom stereocenters. The van der Waals surface area contributed by atoms with Crippen LogP contribution in [0.25, 0.3) is 11.0 Å². The van der Waals surface area contributed by atoms with E-state index in [1.807, 2.05) is 0 Å². The van der Waals surface area contributed by atoms with Gasteiger partial charge in [-0.3, -0.25) is 0 Å². The molecule has 108 valence electrons. The number of benzene rings is 1. The number of imidazole rings is 1. The lowest BCUT2D eigenvalue weighted by atomic mass is 9.98. The lowest BCUT2D eigenvalue weighted by Gasteiger charge is -2.18. The Hall–Kier alpha value is -1.84. The van der Waals surface area contributed by atoms with Gasteiger partial charge in [-0.15, -0.1) is 0 Å². The van der Waals surface area contributed by atoms with Crippen molar-refractivity contribution in [1.29, 1.82) is 0 Å². The van der Waals surface area contributed by atoms with E-state index in [0.29, 0.717) is 17.4 Å². The molecule has 0 spiro atoms. The van der Waals surface area contributed by atoms with Crippen LogP contribution in [0.1, 0.15) is 43.9 Å². The van der Waals surface area contributed by atoms with Crippen LogP contribution in [0.3, 0.4) is 0 Å². The molecule has 0 bridgehead atoms. The molecule has 1 aromatic carbocycles. The average molecular weight is 274 g/mol. The summed E-state index contributed by atoms with van der Waals surface area (Å²) >= 11 is 0. The van der Waals surface area contributed by atoms with Crippen molar-refractivity contribution in [3.63, 3.8) is 0 Å². The number of hydrogen-bond acceptors (Lipinski definition) is 2. The smallest absolute Gasteiger partial charge is 0.335 e. The van der Waals surface area contributed by atoms with E-state index >= 15 is 0 Å². The van der Waals surface area contributed by atoms with Gasteiger partial charge in [-0.25, -0.2) is 9.78 Å². The van der Waals surface area contributed by atoms with E-state index in [-0.39, 0.29) is 0 Å². The van der Waals surface area contributed by atoms with Gasteiger partial charge in [0.1, 0.15) is 5.82 Å². The van der Waals surface area contributed by atoms with Gasteiger partial charge in [0.15, 0.2) is 0 Å². The maximum absolute atomic E-state index is 11.1. The Morgan fingerprint density at radius 3 is 2.60 bits per heavy atom. The van der Waals surface area contributed by atoms with Crippen LogP contribution in [0.5, 0.6) is 0 Å². The van der Waals surface area contributed by atoms with Crippen LogP contribution in [0.4, 0.5) is 0 Å². The Morgan fingerprint density at radius 2 is 2.05 bits per heavy atom. The second kappa shape index (κ2) is 5.65. The number of aryl methyl sites for hydroxylation is 1. The third-order valence-corrected chi connectivity index (χ3v) is 4.00. The fourth-order valence-electron chi connectivity index (χ4n) is 2.28. The van der Waals surface area contributed by atoms with Gasteiger partial charge >= 0.3 is 5.97 Å².